The lowest BCUT2D eigenvalue weighted by Gasteiger charge is -2.34. The third-order valence-electron chi connectivity index (χ3n) is 6.06. The number of anilines is 2. The molecule has 0 spiro atoms. The van der Waals surface area contributed by atoms with Crippen LogP contribution in [0.2, 0.25) is 0 Å². The van der Waals surface area contributed by atoms with E-state index >= 15 is 0 Å². The number of pyridine rings is 2. The maximum absolute atomic E-state index is 4.68. The number of hydrogen-bond donors (Lipinski definition) is 0. The van der Waals surface area contributed by atoms with E-state index in [1.165, 1.54) is 0 Å². The third-order valence-corrected chi connectivity index (χ3v) is 6.06. The van der Waals surface area contributed by atoms with Gasteiger partial charge in [-0.15, -0.1) is 5.10 Å². The van der Waals surface area contributed by atoms with Gasteiger partial charge in [0.25, 0.3) is 0 Å². The molecule has 0 saturated carbocycles. The van der Waals surface area contributed by atoms with Gasteiger partial charge in [-0.25, -0.2) is 14.2 Å². The van der Waals surface area contributed by atoms with Gasteiger partial charge in [-0.1, -0.05) is 6.07 Å². The standard InChI is InChI=1S/C23H24N10/c1-29-15-20(12-26-29)19-2-3-21-22(13-27-33(21)16-19)30-8-10-31(11-9-30)23-25-17-32(28-23)14-18-4-6-24-7-5-18/h2-7,12-13,15-17H,8-11,14H2,1H3. The largest absolute Gasteiger partial charge is 0.365 e. The van der Waals surface area contributed by atoms with Gasteiger partial charge in [0.2, 0.25) is 5.95 Å². The topological polar surface area (TPSA) is 85.2 Å². The lowest BCUT2D eigenvalue weighted by atomic mass is 10.1. The van der Waals surface area contributed by atoms with Crippen molar-refractivity contribution in [1.29, 1.82) is 0 Å². The van der Waals surface area contributed by atoms with Gasteiger partial charge in [-0.2, -0.15) is 10.2 Å². The van der Waals surface area contributed by atoms with Gasteiger partial charge in [0.05, 0.1) is 30.1 Å². The van der Waals surface area contributed by atoms with Crippen molar-refractivity contribution in [1.82, 2.24) is 39.1 Å². The summed E-state index contributed by atoms with van der Waals surface area (Å²) >= 11 is 0. The molecule has 1 aliphatic heterocycles. The summed E-state index contributed by atoms with van der Waals surface area (Å²) in [4.78, 5) is 13.2. The number of fused-ring (bicyclic) bond motifs is 1. The minimum Gasteiger partial charge on any atom is -0.365 e. The first-order valence-electron chi connectivity index (χ1n) is 11.0. The average molecular weight is 441 g/mol. The van der Waals surface area contributed by atoms with Crippen LogP contribution in [0.1, 0.15) is 5.56 Å². The highest BCUT2D eigenvalue weighted by Gasteiger charge is 2.22. The van der Waals surface area contributed by atoms with Crippen LogP contribution in [0.15, 0.2) is 67.8 Å². The highest BCUT2D eigenvalue weighted by molar-refractivity contribution is 5.75. The Balaban J connectivity index is 1.14. The first kappa shape index (κ1) is 19.5. The minimum absolute atomic E-state index is 0.693. The molecule has 0 unspecified atom stereocenters. The van der Waals surface area contributed by atoms with Gasteiger partial charge >= 0.3 is 0 Å². The minimum atomic E-state index is 0.693. The summed E-state index contributed by atoms with van der Waals surface area (Å²) in [6.45, 7) is 4.21. The lowest BCUT2D eigenvalue weighted by molar-refractivity contribution is 0.628. The second-order valence-corrected chi connectivity index (χ2v) is 8.25. The van der Waals surface area contributed by atoms with Crippen molar-refractivity contribution in [2.24, 2.45) is 7.05 Å². The number of piperazine rings is 1. The van der Waals surface area contributed by atoms with Gasteiger partial charge in [-0.05, 0) is 23.8 Å². The zero-order chi connectivity index (χ0) is 22.2. The Hall–Kier alpha value is -4.21. The summed E-state index contributed by atoms with van der Waals surface area (Å²) in [5, 5.41) is 13.6. The molecular formula is C23H24N10. The van der Waals surface area contributed by atoms with Crippen LogP contribution in [0, 0.1) is 0 Å². The van der Waals surface area contributed by atoms with Crippen molar-refractivity contribution < 1.29 is 0 Å². The van der Waals surface area contributed by atoms with E-state index in [2.05, 4.69) is 53.4 Å². The van der Waals surface area contributed by atoms with E-state index in [1.807, 2.05) is 51.6 Å². The first-order chi connectivity index (χ1) is 16.2. The second-order valence-electron chi connectivity index (χ2n) is 8.25. The van der Waals surface area contributed by atoms with Crippen LogP contribution in [0.3, 0.4) is 0 Å². The van der Waals surface area contributed by atoms with E-state index in [1.54, 1.807) is 18.7 Å². The Kier molecular flexibility index (Phi) is 4.75. The molecule has 166 valence electrons. The monoisotopic (exact) mass is 440 g/mol. The molecule has 10 heteroatoms. The predicted molar refractivity (Wildman–Crippen MR) is 125 cm³/mol. The summed E-state index contributed by atoms with van der Waals surface area (Å²) in [5.74, 6) is 0.782. The highest BCUT2D eigenvalue weighted by Crippen LogP contribution is 2.26. The third kappa shape index (κ3) is 3.79. The van der Waals surface area contributed by atoms with Crippen molar-refractivity contribution in [3.05, 3.63) is 73.3 Å². The van der Waals surface area contributed by atoms with E-state index in [9.17, 15) is 0 Å². The molecule has 1 saturated heterocycles. The molecule has 1 fully saturated rings. The Morgan fingerprint density at radius 2 is 1.67 bits per heavy atom. The summed E-state index contributed by atoms with van der Waals surface area (Å²) in [5.41, 5.74) is 5.61. The average Bonchev–Trinajstić information content (AvgIpc) is 3.59. The maximum Gasteiger partial charge on any atom is 0.244 e. The molecule has 0 amide bonds. The van der Waals surface area contributed by atoms with Crippen LogP contribution >= 0.6 is 0 Å². The van der Waals surface area contributed by atoms with Gasteiger partial charge in [0.15, 0.2) is 0 Å². The highest BCUT2D eigenvalue weighted by atomic mass is 15.4. The van der Waals surface area contributed by atoms with Crippen LogP contribution < -0.4 is 9.80 Å². The zero-order valence-electron chi connectivity index (χ0n) is 18.4. The smallest absolute Gasteiger partial charge is 0.244 e. The number of aryl methyl sites for hydroxylation is 1. The molecule has 5 aromatic heterocycles. The molecule has 33 heavy (non-hydrogen) atoms. The molecule has 0 atom stereocenters. The molecular weight excluding hydrogens is 416 g/mol. The van der Waals surface area contributed by atoms with Crippen molar-refractivity contribution in [2.45, 2.75) is 6.54 Å². The Morgan fingerprint density at radius 3 is 2.45 bits per heavy atom. The quantitative estimate of drug-likeness (QED) is 0.414. The molecule has 0 radical (unpaired) electrons. The molecule has 0 N–H and O–H groups in total. The normalized spacial score (nSPS) is 14.3. The summed E-state index contributed by atoms with van der Waals surface area (Å²) in [6, 6.07) is 8.26. The van der Waals surface area contributed by atoms with Crippen molar-refractivity contribution in [2.75, 3.05) is 36.0 Å². The van der Waals surface area contributed by atoms with E-state index in [0.29, 0.717) is 6.54 Å². The van der Waals surface area contributed by atoms with Gasteiger partial charge in [0, 0.05) is 69.1 Å². The maximum atomic E-state index is 4.68. The zero-order valence-corrected chi connectivity index (χ0v) is 18.4. The fourth-order valence-electron chi connectivity index (χ4n) is 4.28. The summed E-state index contributed by atoms with van der Waals surface area (Å²) < 4.78 is 5.64. The van der Waals surface area contributed by atoms with Crippen LogP contribution in [0.4, 0.5) is 11.6 Å². The van der Waals surface area contributed by atoms with E-state index in [0.717, 1.165) is 60.0 Å². The van der Waals surface area contributed by atoms with Gasteiger partial charge in [-0.3, -0.25) is 9.67 Å². The Morgan fingerprint density at radius 1 is 0.848 bits per heavy atom. The summed E-state index contributed by atoms with van der Waals surface area (Å²) in [6.07, 6.45) is 13.3. The van der Waals surface area contributed by atoms with Crippen LogP contribution in [-0.4, -0.2) is 65.3 Å². The fourth-order valence-corrected chi connectivity index (χ4v) is 4.28. The van der Waals surface area contributed by atoms with Crippen LogP contribution in [-0.2, 0) is 13.6 Å². The lowest BCUT2D eigenvalue weighted by Crippen LogP contribution is -2.47. The fraction of sp³-hybridized carbons (Fsp3) is 0.261. The van der Waals surface area contributed by atoms with Gasteiger partial charge < -0.3 is 9.80 Å². The van der Waals surface area contributed by atoms with Crippen molar-refractivity contribution >= 4 is 17.2 Å². The molecule has 6 heterocycles. The second kappa shape index (κ2) is 8.05. The summed E-state index contributed by atoms with van der Waals surface area (Å²) in [7, 11) is 1.93. The Labute approximate surface area is 190 Å². The molecule has 10 nitrogen and oxygen atoms in total. The molecule has 0 bridgehead atoms. The number of aromatic nitrogens is 8. The molecule has 6 rings (SSSR count). The Bertz CT molecular complexity index is 1370. The number of rotatable bonds is 5. The number of hydrogen-bond acceptors (Lipinski definition) is 7. The van der Waals surface area contributed by atoms with Crippen LogP contribution in [0.5, 0.6) is 0 Å². The molecule has 0 aliphatic carbocycles. The molecule has 0 aromatic carbocycles. The first-order valence-corrected chi connectivity index (χ1v) is 11.0. The number of nitrogens with zero attached hydrogens (tertiary/aromatic N) is 10. The SMILES string of the molecule is Cn1cc(-c2ccc3c(N4CCN(c5ncn(Cc6ccncc6)n5)CC4)cnn3c2)cn1. The van der Waals surface area contributed by atoms with E-state index in [-0.39, 0.29) is 0 Å². The predicted octanol–water partition coefficient (Wildman–Crippen LogP) is 2.10. The molecule has 1 aliphatic rings. The van der Waals surface area contributed by atoms with E-state index < -0.39 is 0 Å². The van der Waals surface area contributed by atoms with Crippen molar-refractivity contribution in [3.63, 3.8) is 0 Å². The van der Waals surface area contributed by atoms with E-state index in [4.69, 9.17) is 0 Å². The van der Waals surface area contributed by atoms with Gasteiger partial charge in [0.1, 0.15) is 6.33 Å². The molecule has 5 aromatic rings. The van der Waals surface area contributed by atoms with Crippen LogP contribution in [0.25, 0.3) is 16.6 Å². The van der Waals surface area contributed by atoms with Crippen molar-refractivity contribution in [3.8, 4) is 11.1 Å².